The molecule has 0 aromatic heterocycles. The van der Waals surface area contributed by atoms with Crippen molar-refractivity contribution in [2.75, 3.05) is 13.2 Å². The van der Waals surface area contributed by atoms with Gasteiger partial charge in [0.1, 0.15) is 5.75 Å². The Balaban J connectivity index is 2.17. The number of unbranched alkanes of at least 4 members (excludes halogenated alkanes) is 1. The van der Waals surface area contributed by atoms with Crippen molar-refractivity contribution in [1.29, 1.82) is 0 Å². The summed E-state index contributed by atoms with van der Waals surface area (Å²) in [5.41, 5.74) is 2.84. The predicted octanol–water partition coefficient (Wildman–Crippen LogP) is 4.88. The molecule has 0 radical (unpaired) electrons. The lowest BCUT2D eigenvalue weighted by Gasteiger charge is -2.28. The number of fused-ring (bicyclic) bond motifs is 1. The molecule has 2 atom stereocenters. The second kappa shape index (κ2) is 8.43. The van der Waals surface area contributed by atoms with Gasteiger partial charge in [-0.1, -0.05) is 52.2 Å². The average Bonchev–Trinajstić information content (AvgIpc) is 2.98. The first kappa shape index (κ1) is 16.4. The average molecular weight is 289 g/mol. The van der Waals surface area contributed by atoms with E-state index in [0.29, 0.717) is 6.04 Å². The van der Waals surface area contributed by atoms with Gasteiger partial charge in [-0.05, 0) is 42.5 Å². The monoisotopic (exact) mass is 289 g/mol. The highest BCUT2D eigenvalue weighted by atomic mass is 16.5. The Labute approximate surface area is 130 Å². The van der Waals surface area contributed by atoms with E-state index in [1.807, 2.05) is 0 Å². The summed E-state index contributed by atoms with van der Waals surface area (Å²) in [5, 5.41) is 3.80. The van der Waals surface area contributed by atoms with Crippen molar-refractivity contribution in [3.8, 4) is 5.75 Å². The Morgan fingerprint density at radius 1 is 1.19 bits per heavy atom. The minimum absolute atomic E-state index is 0.493. The maximum absolute atomic E-state index is 5.65. The van der Waals surface area contributed by atoms with E-state index < -0.39 is 0 Å². The van der Waals surface area contributed by atoms with E-state index in [2.05, 4.69) is 44.3 Å². The largest absolute Gasteiger partial charge is 0.493 e. The summed E-state index contributed by atoms with van der Waals surface area (Å²) in [6, 6.07) is 7.31. The number of benzene rings is 1. The molecule has 1 heterocycles. The molecule has 0 spiro atoms. The zero-order valence-electron chi connectivity index (χ0n) is 14.0. The fourth-order valence-electron chi connectivity index (χ4n) is 3.33. The molecule has 0 saturated carbocycles. The lowest BCUT2D eigenvalue weighted by molar-refractivity contribution is 0.323. The van der Waals surface area contributed by atoms with Crippen molar-refractivity contribution < 1.29 is 4.74 Å². The molecule has 1 N–H and O–H groups in total. The molecule has 0 amide bonds. The second-order valence-corrected chi connectivity index (χ2v) is 6.21. The summed E-state index contributed by atoms with van der Waals surface area (Å²) in [5.74, 6) is 1.83. The fourth-order valence-corrected chi connectivity index (χ4v) is 3.33. The van der Waals surface area contributed by atoms with Crippen molar-refractivity contribution in [2.45, 2.75) is 65.3 Å². The molecule has 118 valence electrons. The van der Waals surface area contributed by atoms with Gasteiger partial charge in [0.05, 0.1) is 6.61 Å². The van der Waals surface area contributed by atoms with Crippen LogP contribution in [0.15, 0.2) is 18.2 Å². The Morgan fingerprint density at radius 2 is 2.05 bits per heavy atom. The number of nitrogens with one attached hydrogen (secondary N) is 1. The van der Waals surface area contributed by atoms with Crippen LogP contribution in [0.25, 0.3) is 0 Å². The third-order valence-corrected chi connectivity index (χ3v) is 4.61. The van der Waals surface area contributed by atoms with E-state index in [9.17, 15) is 0 Å². The van der Waals surface area contributed by atoms with Crippen LogP contribution < -0.4 is 10.1 Å². The molecule has 1 aromatic carbocycles. The third-order valence-electron chi connectivity index (χ3n) is 4.61. The zero-order valence-corrected chi connectivity index (χ0v) is 14.0. The van der Waals surface area contributed by atoms with Crippen LogP contribution in [0.4, 0.5) is 0 Å². The maximum Gasteiger partial charge on any atom is 0.122 e. The Kier molecular flexibility index (Phi) is 6.56. The molecule has 1 aliphatic rings. The molecule has 2 unspecified atom stereocenters. The van der Waals surface area contributed by atoms with Crippen LogP contribution in [0, 0.1) is 5.92 Å². The van der Waals surface area contributed by atoms with Crippen LogP contribution in [-0.2, 0) is 6.42 Å². The molecular formula is C19H31NO. The molecule has 2 rings (SSSR count). The highest BCUT2D eigenvalue weighted by Crippen LogP contribution is 2.33. The van der Waals surface area contributed by atoms with Gasteiger partial charge in [-0.2, -0.15) is 0 Å². The standard InChI is InChI=1S/C19H31NO/c1-4-7-8-15(6-3)19(20-12-5-2)17-9-10-18-16(14-17)11-13-21-18/h9-10,14-15,19-20H,4-8,11-13H2,1-3H3. The van der Waals surface area contributed by atoms with Gasteiger partial charge in [-0.3, -0.25) is 0 Å². The van der Waals surface area contributed by atoms with Crippen LogP contribution >= 0.6 is 0 Å². The number of hydrogen-bond acceptors (Lipinski definition) is 2. The summed E-state index contributed by atoms with van der Waals surface area (Å²) < 4.78 is 5.65. The highest BCUT2D eigenvalue weighted by Gasteiger charge is 2.22. The van der Waals surface area contributed by atoms with Gasteiger partial charge in [0.25, 0.3) is 0 Å². The highest BCUT2D eigenvalue weighted by molar-refractivity contribution is 5.41. The summed E-state index contributed by atoms with van der Waals surface area (Å²) in [6.07, 6.45) is 7.44. The van der Waals surface area contributed by atoms with Gasteiger partial charge < -0.3 is 10.1 Å². The minimum atomic E-state index is 0.493. The van der Waals surface area contributed by atoms with Crippen molar-refractivity contribution in [2.24, 2.45) is 5.92 Å². The molecule has 1 aliphatic heterocycles. The maximum atomic E-state index is 5.65. The third kappa shape index (κ3) is 4.23. The number of rotatable bonds is 9. The summed E-state index contributed by atoms with van der Waals surface area (Å²) in [4.78, 5) is 0. The van der Waals surface area contributed by atoms with Crippen LogP contribution in [0.1, 0.15) is 70.0 Å². The molecule has 1 aromatic rings. The SMILES string of the molecule is CCCCC(CC)C(NCCC)c1ccc2c(c1)CCO2. The first-order chi connectivity index (χ1) is 10.3. The summed E-state index contributed by atoms with van der Waals surface area (Å²) >= 11 is 0. The van der Waals surface area contributed by atoms with E-state index >= 15 is 0 Å². The van der Waals surface area contributed by atoms with Crippen LogP contribution in [-0.4, -0.2) is 13.2 Å². The molecule has 0 aliphatic carbocycles. The normalized spacial score (nSPS) is 16.3. The second-order valence-electron chi connectivity index (χ2n) is 6.21. The molecular weight excluding hydrogens is 258 g/mol. The van der Waals surface area contributed by atoms with E-state index in [-0.39, 0.29) is 0 Å². The Morgan fingerprint density at radius 3 is 2.76 bits per heavy atom. The lowest BCUT2D eigenvalue weighted by Crippen LogP contribution is -2.29. The zero-order chi connectivity index (χ0) is 15.1. The van der Waals surface area contributed by atoms with Crippen molar-refractivity contribution in [3.05, 3.63) is 29.3 Å². The van der Waals surface area contributed by atoms with E-state index in [1.54, 1.807) is 0 Å². The molecule has 0 saturated heterocycles. The molecule has 0 bridgehead atoms. The summed E-state index contributed by atoms with van der Waals surface area (Å²) in [7, 11) is 0. The van der Waals surface area contributed by atoms with Gasteiger partial charge >= 0.3 is 0 Å². The topological polar surface area (TPSA) is 21.3 Å². The van der Waals surface area contributed by atoms with Gasteiger partial charge in [0.15, 0.2) is 0 Å². The van der Waals surface area contributed by atoms with Gasteiger partial charge in [-0.25, -0.2) is 0 Å². The predicted molar refractivity (Wildman–Crippen MR) is 90.0 cm³/mol. The van der Waals surface area contributed by atoms with E-state index in [1.165, 1.54) is 43.2 Å². The number of ether oxygens (including phenoxy) is 1. The Hall–Kier alpha value is -1.02. The van der Waals surface area contributed by atoms with Crippen molar-refractivity contribution in [3.63, 3.8) is 0 Å². The van der Waals surface area contributed by atoms with Gasteiger partial charge in [-0.15, -0.1) is 0 Å². The fraction of sp³-hybridized carbons (Fsp3) is 0.684. The van der Waals surface area contributed by atoms with E-state index in [0.717, 1.165) is 31.2 Å². The number of hydrogen-bond donors (Lipinski definition) is 1. The summed E-state index contributed by atoms with van der Waals surface area (Å²) in [6.45, 7) is 8.80. The Bertz CT molecular complexity index is 430. The molecule has 0 fully saturated rings. The quantitative estimate of drug-likeness (QED) is 0.699. The van der Waals surface area contributed by atoms with E-state index in [4.69, 9.17) is 4.74 Å². The first-order valence-corrected chi connectivity index (χ1v) is 8.79. The molecule has 21 heavy (non-hydrogen) atoms. The smallest absolute Gasteiger partial charge is 0.122 e. The first-order valence-electron chi connectivity index (χ1n) is 8.79. The van der Waals surface area contributed by atoms with Gasteiger partial charge in [0, 0.05) is 12.5 Å². The van der Waals surface area contributed by atoms with Crippen molar-refractivity contribution >= 4 is 0 Å². The molecule has 2 heteroatoms. The minimum Gasteiger partial charge on any atom is -0.493 e. The van der Waals surface area contributed by atoms with Crippen LogP contribution in [0.3, 0.4) is 0 Å². The van der Waals surface area contributed by atoms with Gasteiger partial charge in [0.2, 0.25) is 0 Å². The lowest BCUT2D eigenvalue weighted by atomic mass is 9.86. The molecule has 2 nitrogen and oxygen atoms in total. The van der Waals surface area contributed by atoms with Crippen LogP contribution in [0.2, 0.25) is 0 Å². The van der Waals surface area contributed by atoms with Crippen molar-refractivity contribution in [1.82, 2.24) is 5.32 Å². The van der Waals surface area contributed by atoms with Crippen LogP contribution in [0.5, 0.6) is 5.75 Å².